The standard InChI is InChI=1S/C22H19Cl2FN2O5/c1-10(21(31)26-6-5-19(29)30)20-11(2)27(17-9-16(25)18(28)8-13(17)20)22(32)12-3-4-14(23)15(24)7-12/h3-4,7-10,28H,5-6H2,1-2H3,(H,26,31)(H,29,30). The first-order chi connectivity index (χ1) is 15.0. The number of rotatable bonds is 6. The topological polar surface area (TPSA) is 109 Å². The molecule has 32 heavy (non-hydrogen) atoms. The highest BCUT2D eigenvalue weighted by molar-refractivity contribution is 6.42. The van der Waals surface area contributed by atoms with Crippen LogP contribution in [0.3, 0.4) is 0 Å². The summed E-state index contributed by atoms with van der Waals surface area (Å²) in [5.74, 6) is -4.43. The molecule has 10 heteroatoms. The number of nitrogens with zero attached hydrogens (tertiary/aromatic N) is 1. The van der Waals surface area contributed by atoms with Gasteiger partial charge in [0.05, 0.1) is 27.9 Å². The number of hydrogen-bond donors (Lipinski definition) is 3. The zero-order chi connectivity index (χ0) is 23.7. The fraction of sp³-hybridized carbons (Fsp3) is 0.227. The summed E-state index contributed by atoms with van der Waals surface area (Å²) in [5.41, 5.74) is 1.12. The molecule has 3 N–H and O–H groups in total. The van der Waals surface area contributed by atoms with E-state index in [9.17, 15) is 23.9 Å². The molecular weight excluding hydrogens is 462 g/mol. The van der Waals surface area contributed by atoms with Crippen LogP contribution in [-0.2, 0) is 9.59 Å². The van der Waals surface area contributed by atoms with Gasteiger partial charge in [-0.2, -0.15) is 0 Å². The van der Waals surface area contributed by atoms with E-state index in [1.54, 1.807) is 13.8 Å². The Bertz CT molecular complexity index is 1260. The number of carboxylic acids is 1. The Morgan fingerprint density at radius 1 is 1.16 bits per heavy atom. The second-order valence-electron chi connectivity index (χ2n) is 7.25. The van der Waals surface area contributed by atoms with Crippen molar-refractivity contribution in [2.45, 2.75) is 26.2 Å². The Balaban J connectivity index is 2.14. The van der Waals surface area contributed by atoms with Crippen LogP contribution in [0.1, 0.15) is 40.9 Å². The number of halogens is 3. The van der Waals surface area contributed by atoms with Gasteiger partial charge in [0.15, 0.2) is 11.6 Å². The third-order valence-electron chi connectivity index (χ3n) is 5.16. The maximum Gasteiger partial charge on any atom is 0.305 e. The van der Waals surface area contributed by atoms with Crippen LogP contribution in [0, 0.1) is 12.7 Å². The molecular formula is C22H19Cl2FN2O5. The van der Waals surface area contributed by atoms with Gasteiger partial charge in [-0.1, -0.05) is 23.2 Å². The number of hydrogen-bond acceptors (Lipinski definition) is 4. The minimum absolute atomic E-state index is 0.0712. The maximum absolute atomic E-state index is 14.2. The van der Waals surface area contributed by atoms with E-state index < -0.39 is 35.3 Å². The van der Waals surface area contributed by atoms with Crippen molar-refractivity contribution in [3.05, 3.63) is 63.0 Å². The zero-order valence-electron chi connectivity index (χ0n) is 17.1. The van der Waals surface area contributed by atoms with Crippen LogP contribution in [0.15, 0.2) is 30.3 Å². The first kappa shape index (κ1) is 23.6. The van der Waals surface area contributed by atoms with Gasteiger partial charge >= 0.3 is 5.97 Å². The first-order valence-corrected chi connectivity index (χ1v) is 10.3. The molecule has 2 aromatic carbocycles. The number of carbonyl (C=O) groups is 3. The van der Waals surface area contributed by atoms with Crippen LogP contribution in [-0.4, -0.2) is 39.1 Å². The highest BCUT2D eigenvalue weighted by atomic mass is 35.5. The number of aromatic nitrogens is 1. The predicted molar refractivity (Wildman–Crippen MR) is 118 cm³/mol. The lowest BCUT2D eigenvalue weighted by Crippen LogP contribution is -2.30. The summed E-state index contributed by atoms with van der Waals surface area (Å²) < 4.78 is 15.5. The molecule has 0 saturated heterocycles. The molecule has 0 bridgehead atoms. The van der Waals surface area contributed by atoms with Crippen molar-refractivity contribution in [3.8, 4) is 5.75 Å². The summed E-state index contributed by atoms with van der Waals surface area (Å²) in [6.45, 7) is 3.10. The lowest BCUT2D eigenvalue weighted by molar-refractivity contribution is -0.136. The summed E-state index contributed by atoms with van der Waals surface area (Å²) in [6.07, 6.45) is -0.249. The van der Waals surface area contributed by atoms with Crippen molar-refractivity contribution < 1.29 is 29.0 Å². The number of aromatic hydroxyl groups is 1. The van der Waals surface area contributed by atoms with Gasteiger partial charge in [0.25, 0.3) is 5.91 Å². The fourth-order valence-corrected chi connectivity index (χ4v) is 3.89. The van der Waals surface area contributed by atoms with E-state index >= 15 is 0 Å². The number of aliphatic carboxylic acids is 1. The summed E-state index contributed by atoms with van der Waals surface area (Å²) in [6, 6.07) is 6.50. The van der Waals surface area contributed by atoms with Crippen molar-refractivity contribution in [2.24, 2.45) is 0 Å². The van der Waals surface area contributed by atoms with Crippen LogP contribution < -0.4 is 5.32 Å². The van der Waals surface area contributed by atoms with Crippen molar-refractivity contribution in [1.82, 2.24) is 9.88 Å². The molecule has 0 fully saturated rings. The van der Waals surface area contributed by atoms with Crippen LogP contribution in [0.5, 0.6) is 5.75 Å². The van der Waals surface area contributed by atoms with Crippen molar-refractivity contribution in [2.75, 3.05) is 6.54 Å². The Morgan fingerprint density at radius 2 is 1.84 bits per heavy atom. The summed E-state index contributed by atoms with van der Waals surface area (Å²) in [5, 5.41) is 22.0. The van der Waals surface area contributed by atoms with E-state index in [2.05, 4.69) is 5.32 Å². The Kier molecular flexibility index (Phi) is 6.76. The predicted octanol–water partition coefficient (Wildman–Crippen LogP) is 4.48. The van der Waals surface area contributed by atoms with Crippen LogP contribution >= 0.6 is 23.2 Å². The minimum atomic E-state index is -1.06. The van der Waals surface area contributed by atoms with E-state index in [1.807, 2.05) is 0 Å². The monoisotopic (exact) mass is 480 g/mol. The Morgan fingerprint density at radius 3 is 2.47 bits per heavy atom. The molecule has 0 radical (unpaired) electrons. The average molecular weight is 481 g/mol. The lowest BCUT2D eigenvalue weighted by Gasteiger charge is -2.13. The van der Waals surface area contributed by atoms with Gasteiger partial charge in [-0.05, 0) is 43.7 Å². The van der Waals surface area contributed by atoms with E-state index in [-0.39, 0.29) is 34.1 Å². The molecule has 1 unspecified atom stereocenters. The highest BCUT2D eigenvalue weighted by Crippen LogP contribution is 2.36. The maximum atomic E-state index is 14.2. The first-order valence-electron chi connectivity index (χ1n) is 9.55. The number of benzene rings is 2. The Hall–Kier alpha value is -3.10. The van der Waals surface area contributed by atoms with Crippen LogP contribution in [0.25, 0.3) is 10.9 Å². The molecule has 0 aliphatic rings. The van der Waals surface area contributed by atoms with Gasteiger partial charge in [-0.3, -0.25) is 19.0 Å². The molecule has 0 aliphatic heterocycles. The number of carboxylic acid groups (broad SMARTS) is 1. The van der Waals surface area contributed by atoms with Crippen molar-refractivity contribution in [1.29, 1.82) is 0 Å². The van der Waals surface area contributed by atoms with Gasteiger partial charge in [-0.15, -0.1) is 0 Å². The van der Waals surface area contributed by atoms with Crippen molar-refractivity contribution >= 4 is 51.9 Å². The third-order valence-corrected chi connectivity index (χ3v) is 5.89. The van der Waals surface area contributed by atoms with Gasteiger partial charge in [0, 0.05) is 29.3 Å². The molecule has 0 aliphatic carbocycles. The number of nitrogens with one attached hydrogen (secondary N) is 1. The highest BCUT2D eigenvalue weighted by Gasteiger charge is 2.28. The summed E-state index contributed by atoms with van der Waals surface area (Å²) in [7, 11) is 0. The molecule has 3 rings (SSSR count). The van der Waals surface area contributed by atoms with Crippen LogP contribution in [0.4, 0.5) is 4.39 Å². The average Bonchev–Trinajstić information content (AvgIpc) is 2.99. The SMILES string of the molecule is Cc1c(C(C)C(=O)NCCC(=O)O)c2cc(O)c(F)cc2n1C(=O)c1ccc(Cl)c(Cl)c1. The normalized spacial score (nSPS) is 12.0. The molecule has 3 aromatic rings. The molecule has 168 valence electrons. The van der Waals surface area contributed by atoms with E-state index in [0.717, 1.165) is 12.1 Å². The Labute approximate surface area is 192 Å². The molecule has 0 spiro atoms. The zero-order valence-corrected chi connectivity index (χ0v) is 18.6. The molecule has 1 heterocycles. The molecule has 7 nitrogen and oxygen atoms in total. The van der Waals surface area contributed by atoms with E-state index in [0.29, 0.717) is 16.6 Å². The molecule has 1 amide bonds. The minimum Gasteiger partial charge on any atom is -0.505 e. The quantitative estimate of drug-likeness (QED) is 0.481. The van der Waals surface area contributed by atoms with Gasteiger partial charge in [-0.25, -0.2) is 4.39 Å². The number of phenols is 1. The van der Waals surface area contributed by atoms with Gasteiger partial charge in [0.2, 0.25) is 5.91 Å². The molecule has 0 saturated carbocycles. The molecule has 1 atom stereocenters. The fourth-order valence-electron chi connectivity index (χ4n) is 3.59. The summed E-state index contributed by atoms with van der Waals surface area (Å²) in [4.78, 5) is 36.6. The lowest BCUT2D eigenvalue weighted by atomic mass is 9.96. The number of carbonyl (C=O) groups excluding carboxylic acids is 2. The van der Waals surface area contributed by atoms with Crippen molar-refractivity contribution in [3.63, 3.8) is 0 Å². The second-order valence-corrected chi connectivity index (χ2v) is 8.06. The smallest absolute Gasteiger partial charge is 0.305 e. The van der Waals surface area contributed by atoms with E-state index in [1.165, 1.54) is 22.8 Å². The van der Waals surface area contributed by atoms with Gasteiger partial charge < -0.3 is 15.5 Å². The molecule has 1 aromatic heterocycles. The summed E-state index contributed by atoms with van der Waals surface area (Å²) >= 11 is 12.0. The second kappa shape index (κ2) is 9.18. The largest absolute Gasteiger partial charge is 0.505 e. The van der Waals surface area contributed by atoms with Gasteiger partial charge in [0.1, 0.15) is 0 Å². The number of amides is 1. The van der Waals surface area contributed by atoms with E-state index in [4.69, 9.17) is 28.3 Å². The van der Waals surface area contributed by atoms with Crippen LogP contribution in [0.2, 0.25) is 10.0 Å². The number of fused-ring (bicyclic) bond motifs is 1. The third kappa shape index (κ3) is 4.42. The number of phenolic OH excluding ortho intramolecular Hbond substituents is 1.